The van der Waals surface area contributed by atoms with Crippen LogP contribution in [0.1, 0.15) is 40.3 Å². The maximum absolute atomic E-state index is 13.3. The van der Waals surface area contributed by atoms with E-state index in [0.717, 1.165) is 0 Å². The molecule has 0 bridgehead atoms. The number of rotatable bonds is 2. The fourth-order valence-electron chi connectivity index (χ4n) is 3.92. The highest BCUT2D eigenvalue weighted by atomic mass is 35.5. The van der Waals surface area contributed by atoms with Crippen LogP contribution in [-0.2, 0) is 4.79 Å². The fourth-order valence-corrected chi connectivity index (χ4v) is 4.13. The minimum Gasteiger partial charge on any atom is -0.493 e. The highest BCUT2D eigenvalue weighted by Gasteiger charge is 2.22. The summed E-state index contributed by atoms with van der Waals surface area (Å²) in [6.07, 6.45) is 2.72. The number of amides is 3. The Hall–Kier alpha value is -3.79. The standard InChI is InChI=1S/C25H27ClN4O6/c1-34-19-15-17(26)13-16-14-20(36-23(16)19)25(33)30-10-3-6-21(31)27-9-12-35-18-5-2-7-28-22(18)24(32)29-8-4-11-30/h2,5,7,13-15H,3-4,6,8-12H2,1H3,(H,27,31)(H,29,32). The summed E-state index contributed by atoms with van der Waals surface area (Å²) in [4.78, 5) is 44.0. The number of carbonyl (C=O) groups is 3. The molecule has 2 N–H and O–H groups in total. The second-order valence-corrected chi connectivity index (χ2v) is 8.63. The van der Waals surface area contributed by atoms with E-state index in [1.165, 1.54) is 13.3 Å². The lowest BCUT2D eigenvalue weighted by Crippen LogP contribution is -2.36. The van der Waals surface area contributed by atoms with Gasteiger partial charge in [0.15, 0.2) is 28.5 Å². The number of halogens is 1. The molecule has 4 rings (SSSR count). The van der Waals surface area contributed by atoms with Crippen molar-refractivity contribution < 1.29 is 28.3 Å². The van der Waals surface area contributed by atoms with Gasteiger partial charge in [-0.3, -0.25) is 14.4 Å². The summed E-state index contributed by atoms with van der Waals surface area (Å²) in [6, 6.07) is 8.27. The first-order valence-electron chi connectivity index (χ1n) is 11.7. The van der Waals surface area contributed by atoms with Gasteiger partial charge in [-0.15, -0.1) is 0 Å². The van der Waals surface area contributed by atoms with Gasteiger partial charge in [0.2, 0.25) is 5.91 Å². The van der Waals surface area contributed by atoms with Crippen LogP contribution in [0.4, 0.5) is 0 Å². The second-order valence-electron chi connectivity index (χ2n) is 8.19. The van der Waals surface area contributed by atoms with E-state index in [-0.39, 0.29) is 48.7 Å². The molecule has 1 aliphatic heterocycles. The second kappa shape index (κ2) is 11.8. The van der Waals surface area contributed by atoms with E-state index in [1.807, 2.05) is 0 Å². The van der Waals surface area contributed by atoms with Gasteiger partial charge in [-0.1, -0.05) is 11.6 Å². The van der Waals surface area contributed by atoms with Gasteiger partial charge in [-0.2, -0.15) is 0 Å². The van der Waals surface area contributed by atoms with E-state index in [4.69, 9.17) is 25.5 Å². The van der Waals surface area contributed by atoms with Crippen molar-refractivity contribution in [3.8, 4) is 11.5 Å². The number of methoxy groups -OCH3 is 1. The number of hydrogen-bond acceptors (Lipinski definition) is 7. The number of fused-ring (bicyclic) bond motifs is 2. The maximum Gasteiger partial charge on any atom is 0.289 e. The molecule has 1 aliphatic rings. The molecule has 0 radical (unpaired) electrons. The van der Waals surface area contributed by atoms with E-state index >= 15 is 0 Å². The molecule has 190 valence electrons. The average Bonchev–Trinajstić information content (AvgIpc) is 3.30. The summed E-state index contributed by atoms with van der Waals surface area (Å²) in [5.74, 6) is 0.0722. The molecule has 0 aliphatic carbocycles. The first-order chi connectivity index (χ1) is 17.5. The highest BCUT2D eigenvalue weighted by Crippen LogP contribution is 2.32. The molecule has 3 aromatic rings. The predicted octanol–water partition coefficient (Wildman–Crippen LogP) is 3.04. The van der Waals surface area contributed by atoms with Gasteiger partial charge in [0.1, 0.15) is 6.61 Å². The van der Waals surface area contributed by atoms with Crippen molar-refractivity contribution in [1.82, 2.24) is 20.5 Å². The van der Waals surface area contributed by atoms with E-state index in [9.17, 15) is 14.4 Å². The number of nitrogens with zero attached hydrogens (tertiary/aromatic N) is 2. The van der Waals surface area contributed by atoms with Crippen LogP contribution >= 0.6 is 11.6 Å². The van der Waals surface area contributed by atoms with Gasteiger partial charge in [0.05, 0.1) is 13.7 Å². The molecule has 3 heterocycles. The Kier molecular flexibility index (Phi) is 8.27. The Morgan fingerprint density at radius 1 is 1.14 bits per heavy atom. The quantitative estimate of drug-likeness (QED) is 0.538. The molecule has 0 fully saturated rings. The van der Waals surface area contributed by atoms with E-state index in [2.05, 4.69) is 15.6 Å². The highest BCUT2D eigenvalue weighted by molar-refractivity contribution is 6.31. The molecule has 2 aromatic heterocycles. The van der Waals surface area contributed by atoms with Crippen molar-refractivity contribution >= 4 is 40.3 Å². The summed E-state index contributed by atoms with van der Waals surface area (Å²) < 4.78 is 16.8. The number of furan rings is 1. The molecule has 0 saturated heterocycles. The van der Waals surface area contributed by atoms with Crippen molar-refractivity contribution in [2.75, 3.05) is 39.9 Å². The van der Waals surface area contributed by atoms with Crippen LogP contribution in [0.2, 0.25) is 5.02 Å². The first kappa shape index (κ1) is 25.3. The number of nitrogens with one attached hydrogen (secondary N) is 2. The predicted molar refractivity (Wildman–Crippen MR) is 133 cm³/mol. The lowest BCUT2D eigenvalue weighted by molar-refractivity contribution is -0.121. The summed E-state index contributed by atoms with van der Waals surface area (Å²) >= 11 is 6.14. The first-order valence-corrected chi connectivity index (χ1v) is 12.0. The molecule has 11 heteroatoms. The minimum atomic E-state index is -0.374. The number of aromatic nitrogens is 1. The van der Waals surface area contributed by atoms with E-state index in [0.29, 0.717) is 60.0 Å². The molecular weight excluding hydrogens is 488 g/mol. The molecule has 10 nitrogen and oxygen atoms in total. The van der Waals surface area contributed by atoms with E-state index in [1.54, 1.807) is 35.2 Å². The molecule has 36 heavy (non-hydrogen) atoms. The van der Waals surface area contributed by atoms with Crippen LogP contribution in [0.15, 0.2) is 40.9 Å². The molecular formula is C25H27ClN4O6. The van der Waals surface area contributed by atoms with Crippen molar-refractivity contribution in [1.29, 1.82) is 0 Å². The SMILES string of the molecule is COc1cc(Cl)cc2cc(C(=O)N3CCCNC(=O)c4ncccc4OCCNC(=O)CCC3)oc12. The van der Waals surface area contributed by atoms with Crippen LogP contribution < -0.4 is 20.1 Å². The zero-order chi connectivity index (χ0) is 25.5. The van der Waals surface area contributed by atoms with Gasteiger partial charge in [0.25, 0.3) is 11.8 Å². The average molecular weight is 515 g/mol. The fraction of sp³-hybridized carbons (Fsp3) is 0.360. The number of pyridine rings is 1. The van der Waals surface area contributed by atoms with Gasteiger partial charge in [0, 0.05) is 48.7 Å². The number of ether oxygens (including phenoxy) is 2. The Balaban J connectivity index is 1.51. The summed E-state index contributed by atoms with van der Waals surface area (Å²) in [6.45, 7) is 1.49. The molecule has 0 saturated carbocycles. The monoisotopic (exact) mass is 514 g/mol. The van der Waals surface area contributed by atoms with Crippen LogP contribution in [0.5, 0.6) is 11.5 Å². The summed E-state index contributed by atoms with van der Waals surface area (Å²) in [7, 11) is 1.50. The Bertz CT molecular complexity index is 1260. The van der Waals surface area contributed by atoms with Crippen LogP contribution in [0.25, 0.3) is 11.0 Å². The van der Waals surface area contributed by atoms with Gasteiger partial charge in [-0.25, -0.2) is 4.98 Å². The number of carbonyl (C=O) groups excluding carboxylic acids is 3. The molecule has 3 amide bonds. The van der Waals surface area contributed by atoms with Gasteiger partial charge < -0.3 is 29.4 Å². The Labute approximate surface area is 212 Å². The largest absolute Gasteiger partial charge is 0.493 e. The third-order valence-electron chi connectivity index (χ3n) is 5.65. The lowest BCUT2D eigenvalue weighted by atomic mass is 10.2. The summed E-state index contributed by atoms with van der Waals surface area (Å²) in [5, 5.41) is 6.73. The zero-order valence-electron chi connectivity index (χ0n) is 19.8. The minimum absolute atomic E-state index is 0.142. The van der Waals surface area contributed by atoms with Crippen LogP contribution in [-0.4, -0.2) is 67.5 Å². The van der Waals surface area contributed by atoms with Crippen molar-refractivity contribution in [3.63, 3.8) is 0 Å². The summed E-state index contributed by atoms with van der Waals surface area (Å²) in [5.41, 5.74) is 0.596. The van der Waals surface area contributed by atoms with Gasteiger partial charge in [-0.05, 0) is 37.1 Å². The lowest BCUT2D eigenvalue weighted by Gasteiger charge is -2.22. The van der Waals surface area contributed by atoms with E-state index < -0.39 is 0 Å². The molecule has 0 spiro atoms. The Morgan fingerprint density at radius 3 is 2.81 bits per heavy atom. The normalized spacial score (nSPS) is 16.0. The molecule has 0 unspecified atom stereocenters. The molecule has 1 aromatic carbocycles. The number of benzene rings is 1. The zero-order valence-corrected chi connectivity index (χ0v) is 20.6. The van der Waals surface area contributed by atoms with Crippen molar-refractivity contribution in [3.05, 3.63) is 53.0 Å². The van der Waals surface area contributed by atoms with Gasteiger partial charge >= 0.3 is 0 Å². The maximum atomic E-state index is 13.3. The third-order valence-corrected chi connectivity index (χ3v) is 5.87. The van der Waals surface area contributed by atoms with Crippen molar-refractivity contribution in [2.45, 2.75) is 19.3 Å². The topological polar surface area (TPSA) is 123 Å². The van der Waals surface area contributed by atoms with Crippen LogP contribution in [0.3, 0.4) is 0 Å². The number of hydrogen-bond donors (Lipinski definition) is 2. The molecule has 0 atom stereocenters. The smallest absolute Gasteiger partial charge is 0.289 e. The third kappa shape index (κ3) is 6.06. The van der Waals surface area contributed by atoms with Crippen LogP contribution in [0, 0.1) is 0 Å². The van der Waals surface area contributed by atoms with Crippen molar-refractivity contribution in [2.24, 2.45) is 0 Å². The Morgan fingerprint density at radius 2 is 1.97 bits per heavy atom.